The van der Waals surface area contributed by atoms with Gasteiger partial charge >= 0.3 is 0 Å². The lowest BCUT2D eigenvalue weighted by Gasteiger charge is -2.07. The first-order valence-corrected chi connectivity index (χ1v) is 9.50. The molecule has 2 aromatic carbocycles. The predicted octanol–water partition coefficient (Wildman–Crippen LogP) is 3.97. The van der Waals surface area contributed by atoms with Gasteiger partial charge in [0.15, 0.2) is 0 Å². The van der Waals surface area contributed by atoms with Crippen molar-refractivity contribution in [3.05, 3.63) is 72.0 Å². The Hall–Kier alpha value is -3.13. The van der Waals surface area contributed by atoms with Crippen LogP contribution in [0.2, 0.25) is 0 Å². The molecule has 28 heavy (non-hydrogen) atoms. The molecule has 1 heterocycles. The fraction of sp³-hybridized carbons (Fsp3) is 0.150. The average molecular weight is 398 g/mol. The number of aromatic nitrogens is 2. The summed E-state index contributed by atoms with van der Waals surface area (Å²) in [7, 11) is 1.59. The molecule has 3 aromatic rings. The maximum Gasteiger partial charge on any atom is 0.234 e. The highest BCUT2D eigenvalue weighted by molar-refractivity contribution is 7.99. The van der Waals surface area contributed by atoms with Crippen molar-refractivity contribution in [3.8, 4) is 5.75 Å². The number of hydrogen-bond donors (Lipinski definition) is 2. The van der Waals surface area contributed by atoms with Crippen molar-refractivity contribution in [3.63, 3.8) is 0 Å². The van der Waals surface area contributed by atoms with Crippen LogP contribution in [0.1, 0.15) is 5.56 Å². The van der Waals surface area contributed by atoms with Crippen molar-refractivity contribution in [2.24, 2.45) is 0 Å². The van der Waals surface area contributed by atoms with Gasteiger partial charge in [-0.1, -0.05) is 23.9 Å². The van der Waals surface area contributed by atoms with Crippen molar-refractivity contribution < 1.29 is 13.9 Å². The summed E-state index contributed by atoms with van der Waals surface area (Å²) in [6.07, 6.45) is 0. The maximum absolute atomic E-state index is 12.9. The van der Waals surface area contributed by atoms with Crippen molar-refractivity contribution in [1.29, 1.82) is 0 Å². The molecule has 0 fully saturated rings. The smallest absolute Gasteiger partial charge is 0.234 e. The zero-order valence-electron chi connectivity index (χ0n) is 15.2. The maximum atomic E-state index is 12.9. The van der Waals surface area contributed by atoms with Gasteiger partial charge in [-0.05, 0) is 54.1 Å². The number of nitrogens with one attached hydrogen (secondary N) is 2. The first-order valence-electron chi connectivity index (χ1n) is 8.51. The van der Waals surface area contributed by atoms with Crippen molar-refractivity contribution >= 4 is 29.2 Å². The summed E-state index contributed by atoms with van der Waals surface area (Å²) >= 11 is 1.30. The third-order valence-electron chi connectivity index (χ3n) is 3.75. The molecule has 144 valence electrons. The number of thioether (sulfide) groups is 1. The number of halogens is 1. The van der Waals surface area contributed by atoms with E-state index in [1.54, 1.807) is 55.6 Å². The number of amides is 1. The molecule has 0 atom stereocenters. The lowest BCUT2D eigenvalue weighted by atomic mass is 10.2. The molecule has 0 aliphatic carbocycles. The summed E-state index contributed by atoms with van der Waals surface area (Å²) in [6.45, 7) is 0.520. The zero-order valence-corrected chi connectivity index (χ0v) is 16.0. The van der Waals surface area contributed by atoms with E-state index < -0.39 is 0 Å². The van der Waals surface area contributed by atoms with Crippen LogP contribution in [0.3, 0.4) is 0 Å². The number of hydrogen-bond acceptors (Lipinski definition) is 6. The molecule has 8 heteroatoms. The summed E-state index contributed by atoms with van der Waals surface area (Å²) in [5, 5.41) is 14.8. The van der Waals surface area contributed by atoms with Gasteiger partial charge in [0.1, 0.15) is 22.4 Å². The van der Waals surface area contributed by atoms with Crippen LogP contribution in [0.5, 0.6) is 5.75 Å². The highest BCUT2D eigenvalue weighted by Crippen LogP contribution is 2.18. The molecule has 0 aliphatic rings. The number of carbonyl (C=O) groups excluding carboxylic acids is 1. The van der Waals surface area contributed by atoms with Gasteiger partial charge in [0, 0.05) is 12.2 Å². The largest absolute Gasteiger partial charge is 0.497 e. The molecule has 0 saturated carbocycles. The molecule has 6 nitrogen and oxygen atoms in total. The molecule has 0 saturated heterocycles. The molecule has 2 N–H and O–H groups in total. The minimum Gasteiger partial charge on any atom is -0.497 e. The molecular formula is C20H19FN4O2S. The fourth-order valence-electron chi connectivity index (χ4n) is 2.30. The zero-order chi connectivity index (χ0) is 19.8. The van der Waals surface area contributed by atoms with Crippen LogP contribution in [0, 0.1) is 5.82 Å². The van der Waals surface area contributed by atoms with Gasteiger partial charge in [0.25, 0.3) is 0 Å². The van der Waals surface area contributed by atoms with Crippen LogP contribution in [-0.2, 0) is 11.3 Å². The molecule has 3 rings (SSSR count). The van der Waals surface area contributed by atoms with Crippen LogP contribution < -0.4 is 15.4 Å². The van der Waals surface area contributed by atoms with Gasteiger partial charge in [-0.2, -0.15) is 0 Å². The lowest BCUT2D eigenvalue weighted by Crippen LogP contribution is -2.14. The highest BCUT2D eigenvalue weighted by Gasteiger charge is 2.06. The van der Waals surface area contributed by atoms with E-state index in [1.165, 1.54) is 23.9 Å². The Balaban J connectivity index is 1.44. The molecule has 0 unspecified atom stereocenters. The third kappa shape index (κ3) is 5.95. The second-order valence-electron chi connectivity index (χ2n) is 5.80. The monoisotopic (exact) mass is 398 g/mol. The standard InChI is InChI=1S/C20H19FN4O2S/c1-27-17-8-6-16(7-9-17)23-19(26)13-28-20-11-10-18(24-25-20)22-12-14-2-4-15(21)5-3-14/h2-11H,12-13H2,1H3,(H,22,24)(H,23,26). The summed E-state index contributed by atoms with van der Waals surface area (Å²) in [5.74, 6) is 1.17. The molecule has 0 aliphatic heterocycles. The van der Waals surface area contributed by atoms with Gasteiger partial charge in [-0.15, -0.1) is 10.2 Å². The van der Waals surface area contributed by atoms with Crippen molar-refractivity contribution in [1.82, 2.24) is 10.2 Å². The summed E-state index contributed by atoms with van der Waals surface area (Å²) in [6, 6.07) is 17.0. The van der Waals surface area contributed by atoms with Gasteiger partial charge in [-0.3, -0.25) is 4.79 Å². The van der Waals surface area contributed by atoms with Gasteiger partial charge in [-0.25, -0.2) is 4.39 Å². The van der Waals surface area contributed by atoms with Crippen molar-refractivity contribution in [2.75, 3.05) is 23.5 Å². The predicted molar refractivity (Wildman–Crippen MR) is 108 cm³/mol. The van der Waals surface area contributed by atoms with E-state index in [1.807, 2.05) is 0 Å². The summed E-state index contributed by atoms with van der Waals surface area (Å²) in [4.78, 5) is 12.0. The van der Waals surface area contributed by atoms with E-state index >= 15 is 0 Å². The molecule has 0 spiro atoms. The molecule has 0 bridgehead atoms. The Kier molecular flexibility index (Phi) is 6.80. The summed E-state index contributed by atoms with van der Waals surface area (Å²) in [5.41, 5.74) is 1.65. The Morgan fingerprint density at radius 2 is 1.79 bits per heavy atom. The minimum absolute atomic E-state index is 0.129. The number of nitrogens with zero attached hydrogens (tertiary/aromatic N) is 2. The quantitative estimate of drug-likeness (QED) is 0.559. The normalized spacial score (nSPS) is 10.4. The Bertz CT molecular complexity index is 903. The number of rotatable bonds is 8. The molecule has 0 radical (unpaired) electrons. The highest BCUT2D eigenvalue weighted by atomic mass is 32.2. The Morgan fingerprint density at radius 3 is 2.43 bits per heavy atom. The average Bonchev–Trinajstić information content (AvgIpc) is 2.73. The van der Waals surface area contributed by atoms with Crippen LogP contribution >= 0.6 is 11.8 Å². The van der Waals surface area contributed by atoms with Crippen LogP contribution in [0.4, 0.5) is 15.9 Å². The van der Waals surface area contributed by atoms with Crippen LogP contribution in [0.25, 0.3) is 0 Å². The van der Waals surface area contributed by atoms with Gasteiger partial charge in [0.2, 0.25) is 5.91 Å². The van der Waals surface area contributed by atoms with E-state index in [2.05, 4.69) is 20.8 Å². The number of ether oxygens (including phenoxy) is 1. The summed E-state index contributed by atoms with van der Waals surface area (Å²) < 4.78 is 18.0. The molecule has 1 aromatic heterocycles. The number of methoxy groups -OCH3 is 1. The molecular weight excluding hydrogens is 379 g/mol. The first-order chi connectivity index (χ1) is 13.6. The topological polar surface area (TPSA) is 76.1 Å². The Morgan fingerprint density at radius 1 is 1.04 bits per heavy atom. The molecule has 1 amide bonds. The number of carbonyl (C=O) groups is 1. The second-order valence-corrected chi connectivity index (χ2v) is 6.80. The Labute approximate surface area is 166 Å². The van der Waals surface area contributed by atoms with Crippen molar-refractivity contribution in [2.45, 2.75) is 11.6 Å². The van der Waals surface area contributed by atoms with Crippen LogP contribution in [-0.4, -0.2) is 29.0 Å². The van der Waals surface area contributed by atoms with E-state index in [-0.39, 0.29) is 17.5 Å². The van der Waals surface area contributed by atoms with Crippen LogP contribution in [0.15, 0.2) is 65.7 Å². The van der Waals surface area contributed by atoms with E-state index in [0.29, 0.717) is 23.1 Å². The number of anilines is 2. The lowest BCUT2D eigenvalue weighted by molar-refractivity contribution is -0.113. The van der Waals surface area contributed by atoms with E-state index in [9.17, 15) is 9.18 Å². The van der Waals surface area contributed by atoms with Gasteiger partial charge in [0.05, 0.1) is 12.9 Å². The second kappa shape index (κ2) is 9.70. The third-order valence-corrected chi connectivity index (χ3v) is 4.67. The fourth-order valence-corrected chi connectivity index (χ4v) is 2.91. The number of benzene rings is 2. The first kappa shape index (κ1) is 19.6. The van der Waals surface area contributed by atoms with E-state index in [0.717, 1.165) is 11.3 Å². The van der Waals surface area contributed by atoms with Gasteiger partial charge < -0.3 is 15.4 Å². The SMILES string of the molecule is COc1ccc(NC(=O)CSc2ccc(NCc3ccc(F)cc3)nn2)cc1. The van der Waals surface area contributed by atoms with E-state index in [4.69, 9.17) is 4.74 Å². The minimum atomic E-state index is -0.263.